The van der Waals surface area contributed by atoms with Gasteiger partial charge in [0.2, 0.25) is 0 Å². The van der Waals surface area contributed by atoms with Crippen molar-refractivity contribution in [2.75, 3.05) is 7.11 Å². The first-order valence-electron chi connectivity index (χ1n) is 4.39. The van der Waals surface area contributed by atoms with Crippen LogP contribution in [0.5, 0.6) is 0 Å². The van der Waals surface area contributed by atoms with Crippen LogP contribution in [0.3, 0.4) is 0 Å². The van der Waals surface area contributed by atoms with Crippen molar-refractivity contribution in [3.63, 3.8) is 0 Å². The van der Waals surface area contributed by atoms with Crippen LogP contribution in [0.4, 0.5) is 0 Å². The average Bonchev–Trinajstić information content (AvgIpc) is 2.51. The molecule has 1 fully saturated rings. The highest BCUT2D eigenvalue weighted by Gasteiger charge is 2.44. The molecule has 0 aromatic heterocycles. The van der Waals surface area contributed by atoms with Gasteiger partial charge in [-0.2, -0.15) is 0 Å². The lowest BCUT2D eigenvalue weighted by molar-refractivity contribution is -0.143. The van der Waals surface area contributed by atoms with Crippen molar-refractivity contribution in [1.29, 1.82) is 0 Å². The third kappa shape index (κ3) is 2.24. The number of methoxy groups -OCH3 is 1. The van der Waals surface area contributed by atoms with Crippen LogP contribution < -0.4 is 0 Å². The van der Waals surface area contributed by atoms with Crippen molar-refractivity contribution >= 4 is 22.8 Å². The highest BCUT2D eigenvalue weighted by Crippen LogP contribution is 2.42. The van der Waals surface area contributed by atoms with Gasteiger partial charge in [0.25, 0.3) is 0 Å². The van der Waals surface area contributed by atoms with Crippen LogP contribution in [0.2, 0.25) is 0 Å². The first kappa shape index (κ1) is 10.6. The maximum atomic E-state index is 11.5. The number of thioether (sulfide) groups is 1. The van der Waals surface area contributed by atoms with Crippen LogP contribution in [0, 0.1) is 0 Å². The number of rotatable bonds is 2. The second kappa shape index (κ2) is 4.13. The minimum Gasteiger partial charge on any atom is -0.468 e. The molecule has 0 amide bonds. The van der Waals surface area contributed by atoms with Gasteiger partial charge in [0.15, 0.2) is 5.12 Å². The maximum Gasteiger partial charge on any atom is 0.322 e. The number of hydrogen-bond donors (Lipinski definition) is 0. The first-order chi connectivity index (χ1) is 6.10. The van der Waals surface area contributed by atoms with Crippen molar-refractivity contribution in [3.8, 4) is 0 Å². The summed E-state index contributed by atoms with van der Waals surface area (Å²) in [6, 6.07) is 0. The molecule has 1 aliphatic rings. The molecule has 1 rings (SSSR count). The fraction of sp³-hybridized carbons (Fsp3) is 0.778. The Morgan fingerprint density at radius 1 is 1.31 bits per heavy atom. The molecule has 1 aliphatic carbocycles. The van der Waals surface area contributed by atoms with Crippen LogP contribution in [-0.4, -0.2) is 22.9 Å². The molecule has 4 heteroatoms. The highest BCUT2D eigenvalue weighted by atomic mass is 32.2. The molecular formula is C9H14O3S. The summed E-state index contributed by atoms with van der Waals surface area (Å²) in [4.78, 5) is 22.5. The zero-order valence-corrected chi connectivity index (χ0v) is 8.78. The number of esters is 1. The Morgan fingerprint density at radius 2 is 1.85 bits per heavy atom. The normalized spacial score (nSPS) is 19.8. The molecule has 3 nitrogen and oxygen atoms in total. The number of carbonyl (C=O) groups is 2. The summed E-state index contributed by atoms with van der Waals surface area (Å²) in [6.45, 7) is 1.49. The molecule has 0 saturated heterocycles. The van der Waals surface area contributed by atoms with Gasteiger partial charge in [0.05, 0.1) is 7.11 Å². The average molecular weight is 202 g/mol. The molecule has 0 spiro atoms. The van der Waals surface area contributed by atoms with E-state index in [4.69, 9.17) is 4.74 Å². The van der Waals surface area contributed by atoms with E-state index in [0.29, 0.717) is 0 Å². The fourth-order valence-corrected chi connectivity index (χ4v) is 2.96. The summed E-state index contributed by atoms with van der Waals surface area (Å²) >= 11 is 1.13. The van der Waals surface area contributed by atoms with Gasteiger partial charge in [-0.15, -0.1) is 0 Å². The molecule has 0 heterocycles. The fourth-order valence-electron chi connectivity index (χ4n) is 1.76. The van der Waals surface area contributed by atoms with Gasteiger partial charge in [-0.05, 0) is 12.8 Å². The lowest BCUT2D eigenvalue weighted by atomic mass is 10.1. The largest absolute Gasteiger partial charge is 0.468 e. The summed E-state index contributed by atoms with van der Waals surface area (Å²) in [5.74, 6) is -0.245. The number of carbonyl (C=O) groups excluding carboxylic acids is 2. The molecular weight excluding hydrogens is 188 g/mol. The maximum absolute atomic E-state index is 11.5. The molecule has 0 N–H and O–H groups in total. The van der Waals surface area contributed by atoms with E-state index in [9.17, 15) is 9.59 Å². The molecule has 13 heavy (non-hydrogen) atoms. The Bertz CT molecular complexity index is 219. The quantitative estimate of drug-likeness (QED) is 0.640. The van der Waals surface area contributed by atoms with Crippen molar-refractivity contribution in [1.82, 2.24) is 0 Å². The number of hydrogen-bond acceptors (Lipinski definition) is 4. The SMILES string of the molecule is COC(=O)C1(SC(C)=O)CCCC1. The van der Waals surface area contributed by atoms with E-state index in [2.05, 4.69) is 0 Å². The molecule has 0 bridgehead atoms. The van der Waals surface area contributed by atoms with E-state index < -0.39 is 4.75 Å². The Hall–Kier alpha value is -0.510. The lowest BCUT2D eigenvalue weighted by Crippen LogP contribution is -2.34. The van der Waals surface area contributed by atoms with E-state index >= 15 is 0 Å². The predicted octanol–water partition coefficient (Wildman–Crippen LogP) is 1.75. The van der Waals surface area contributed by atoms with E-state index in [1.54, 1.807) is 0 Å². The Morgan fingerprint density at radius 3 is 2.23 bits per heavy atom. The van der Waals surface area contributed by atoms with Crippen molar-refractivity contribution in [3.05, 3.63) is 0 Å². The van der Waals surface area contributed by atoms with Crippen LogP contribution in [0.15, 0.2) is 0 Å². The number of ether oxygens (including phenoxy) is 1. The van der Waals surface area contributed by atoms with Gasteiger partial charge >= 0.3 is 5.97 Å². The summed E-state index contributed by atoms with van der Waals surface area (Å²) in [5, 5.41) is -0.00713. The Kier molecular flexibility index (Phi) is 3.36. The van der Waals surface area contributed by atoms with Crippen LogP contribution in [0.1, 0.15) is 32.6 Å². The third-order valence-corrected chi connectivity index (χ3v) is 3.56. The van der Waals surface area contributed by atoms with Crippen LogP contribution >= 0.6 is 11.8 Å². The topological polar surface area (TPSA) is 43.4 Å². The van der Waals surface area contributed by atoms with Gasteiger partial charge in [0, 0.05) is 6.92 Å². The predicted molar refractivity (Wildman–Crippen MR) is 51.5 cm³/mol. The highest BCUT2D eigenvalue weighted by molar-refractivity contribution is 8.15. The monoisotopic (exact) mass is 202 g/mol. The summed E-state index contributed by atoms with van der Waals surface area (Å²) in [6.07, 6.45) is 3.55. The molecule has 0 unspecified atom stereocenters. The molecule has 0 aromatic carbocycles. The van der Waals surface area contributed by atoms with Gasteiger partial charge in [-0.25, -0.2) is 0 Å². The minimum atomic E-state index is -0.569. The first-order valence-corrected chi connectivity index (χ1v) is 5.20. The third-order valence-electron chi connectivity index (χ3n) is 2.31. The van der Waals surface area contributed by atoms with Crippen molar-refractivity contribution in [2.24, 2.45) is 0 Å². The molecule has 0 atom stereocenters. The van der Waals surface area contributed by atoms with Gasteiger partial charge in [-0.3, -0.25) is 9.59 Å². The summed E-state index contributed by atoms with van der Waals surface area (Å²) in [5.41, 5.74) is 0. The standard InChI is InChI=1S/C9H14O3S/c1-7(10)13-9(8(11)12-2)5-3-4-6-9/h3-6H2,1-2H3. The Balaban J connectivity index is 2.74. The lowest BCUT2D eigenvalue weighted by Gasteiger charge is -2.23. The van der Waals surface area contributed by atoms with Gasteiger partial charge < -0.3 is 4.74 Å². The van der Waals surface area contributed by atoms with Crippen LogP contribution in [-0.2, 0) is 14.3 Å². The smallest absolute Gasteiger partial charge is 0.322 e. The van der Waals surface area contributed by atoms with E-state index in [1.807, 2.05) is 0 Å². The van der Waals surface area contributed by atoms with E-state index in [0.717, 1.165) is 37.4 Å². The van der Waals surface area contributed by atoms with E-state index in [-0.39, 0.29) is 11.1 Å². The van der Waals surface area contributed by atoms with Crippen molar-refractivity contribution < 1.29 is 14.3 Å². The van der Waals surface area contributed by atoms with E-state index in [1.165, 1.54) is 14.0 Å². The molecule has 0 radical (unpaired) electrons. The molecule has 74 valence electrons. The zero-order valence-electron chi connectivity index (χ0n) is 7.96. The summed E-state index contributed by atoms with van der Waals surface area (Å²) < 4.78 is 4.16. The molecule has 1 saturated carbocycles. The van der Waals surface area contributed by atoms with Crippen LogP contribution in [0.25, 0.3) is 0 Å². The molecule has 0 aromatic rings. The van der Waals surface area contributed by atoms with Gasteiger partial charge in [0.1, 0.15) is 4.75 Å². The van der Waals surface area contributed by atoms with Gasteiger partial charge in [-0.1, -0.05) is 24.6 Å². The second-order valence-corrected chi connectivity index (χ2v) is 4.85. The van der Waals surface area contributed by atoms with Crippen molar-refractivity contribution in [2.45, 2.75) is 37.4 Å². The second-order valence-electron chi connectivity index (χ2n) is 3.29. The summed E-state index contributed by atoms with van der Waals surface area (Å²) in [7, 11) is 1.38. The Labute approximate surface area is 82.2 Å². The molecule has 0 aliphatic heterocycles. The zero-order chi connectivity index (χ0) is 9.90. The minimum absolute atomic E-state index is 0.00713.